The predicted octanol–water partition coefficient (Wildman–Crippen LogP) is 3.72. The molecule has 1 unspecified atom stereocenters. The summed E-state index contributed by atoms with van der Waals surface area (Å²) < 4.78 is 32.4. The lowest BCUT2D eigenvalue weighted by atomic mass is 10.1. The van der Waals surface area contributed by atoms with Crippen LogP contribution in [-0.2, 0) is 9.47 Å². The highest BCUT2D eigenvalue weighted by Crippen LogP contribution is 2.35. The van der Waals surface area contributed by atoms with Crippen LogP contribution in [0.2, 0.25) is 5.15 Å². The molecule has 0 aliphatic carbocycles. The Kier molecular flexibility index (Phi) is 7.41. The van der Waals surface area contributed by atoms with Gasteiger partial charge in [0.2, 0.25) is 0 Å². The van der Waals surface area contributed by atoms with Crippen molar-refractivity contribution in [1.29, 1.82) is 0 Å². The Balaban J connectivity index is 1.26. The number of hydrogen-bond donors (Lipinski definition) is 1. The molecule has 10 nitrogen and oxygen atoms in total. The summed E-state index contributed by atoms with van der Waals surface area (Å²) in [6, 6.07) is 6.48. The molecular weight excluding hydrogens is 515 g/mol. The van der Waals surface area contributed by atoms with Crippen molar-refractivity contribution in [1.82, 2.24) is 15.1 Å². The van der Waals surface area contributed by atoms with Crippen molar-refractivity contribution < 1.29 is 23.4 Å². The largest absolute Gasteiger partial charge is 0.490 e. The van der Waals surface area contributed by atoms with E-state index in [-0.39, 0.29) is 35.3 Å². The van der Waals surface area contributed by atoms with Crippen molar-refractivity contribution in [2.24, 2.45) is 0 Å². The Morgan fingerprint density at radius 3 is 2.47 bits per heavy atom. The van der Waals surface area contributed by atoms with Crippen LogP contribution in [0.3, 0.4) is 0 Å². The Morgan fingerprint density at radius 2 is 1.76 bits per heavy atom. The van der Waals surface area contributed by atoms with Crippen molar-refractivity contribution in [3.05, 3.63) is 35.2 Å². The zero-order valence-corrected chi connectivity index (χ0v) is 22.7. The summed E-state index contributed by atoms with van der Waals surface area (Å²) in [5.74, 6) is 0.423. The fraction of sp³-hybridized carbons (Fsp3) is 0.577. The molecule has 4 fully saturated rings. The normalized spacial score (nSPS) is 22.4. The summed E-state index contributed by atoms with van der Waals surface area (Å²) in [6.45, 7) is 8.84. The van der Waals surface area contributed by atoms with Gasteiger partial charge in [0.15, 0.2) is 11.0 Å². The second kappa shape index (κ2) is 10.6. The number of fused-ring (bicyclic) bond motifs is 4. The third-order valence-corrected chi connectivity index (χ3v) is 7.17. The summed E-state index contributed by atoms with van der Waals surface area (Å²) in [6.07, 6.45) is 0.858. The average Bonchev–Trinajstić information content (AvgIpc) is 3.18. The number of ether oxygens (including phenoxy) is 3. The van der Waals surface area contributed by atoms with Gasteiger partial charge in [-0.25, -0.2) is 9.18 Å². The molecule has 2 N–H and O–H groups in total. The summed E-state index contributed by atoms with van der Waals surface area (Å²) >= 11 is 6.09. The molecule has 4 saturated heterocycles. The highest BCUT2D eigenvalue weighted by molar-refractivity contribution is 6.29. The molecule has 1 amide bonds. The van der Waals surface area contributed by atoms with Gasteiger partial charge < -0.3 is 34.6 Å². The first-order chi connectivity index (χ1) is 18.1. The number of amides is 1. The Hall–Kier alpha value is -3.05. The van der Waals surface area contributed by atoms with Crippen molar-refractivity contribution in [3.63, 3.8) is 0 Å². The van der Waals surface area contributed by atoms with Gasteiger partial charge in [-0.3, -0.25) is 0 Å². The first-order valence-electron chi connectivity index (χ1n) is 12.9. The van der Waals surface area contributed by atoms with Crippen LogP contribution >= 0.6 is 11.6 Å². The van der Waals surface area contributed by atoms with E-state index in [2.05, 4.69) is 20.0 Å². The van der Waals surface area contributed by atoms with Gasteiger partial charge >= 0.3 is 6.09 Å². The Labute approximate surface area is 226 Å². The SMILES string of the molecule is CC(C)(C)OC(=O)N1CCC(Oc2cc(F)cc(N3CC4COC[C@H]3CN4c3cc(Cl)nnc3N)c2)CC1. The molecule has 0 saturated carbocycles. The fourth-order valence-corrected chi connectivity index (χ4v) is 5.38. The van der Waals surface area contributed by atoms with E-state index in [1.54, 1.807) is 11.0 Å². The zero-order chi connectivity index (χ0) is 27.0. The van der Waals surface area contributed by atoms with E-state index < -0.39 is 5.60 Å². The standard InChI is InChI=1S/C26H34ClFN6O4/c1-26(2,3)38-25(35)32-6-4-20(5-7-32)37-21-9-16(28)8-17(10-21)33-12-19-15-36-14-18(33)13-34(19)22-11-23(27)30-31-24(22)29/h8-11,18-20H,4-7,12-15H2,1-3H3,(H2,29,31)/t18-,19?/m1/s1. The molecule has 6 rings (SSSR count). The summed E-state index contributed by atoms with van der Waals surface area (Å²) in [5.41, 5.74) is 7.04. The number of piperazine rings is 1. The van der Waals surface area contributed by atoms with Gasteiger partial charge in [0.05, 0.1) is 31.0 Å². The van der Waals surface area contributed by atoms with Crippen LogP contribution in [-0.4, -0.2) is 84.4 Å². The van der Waals surface area contributed by atoms with Gasteiger partial charge in [-0.05, 0) is 26.8 Å². The molecule has 206 valence electrons. The molecule has 12 heteroatoms. The molecule has 1 aromatic heterocycles. The number of piperidine rings is 1. The number of halogens is 2. The first kappa shape index (κ1) is 26.6. The van der Waals surface area contributed by atoms with Crippen molar-refractivity contribution in [3.8, 4) is 5.75 Å². The molecule has 4 aliphatic rings. The number of nitrogens with zero attached hydrogens (tertiary/aromatic N) is 5. The third-order valence-electron chi connectivity index (χ3n) is 6.98. The fourth-order valence-electron chi connectivity index (χ4n) is 5.24. The van der Waals surface area contributed by atoms with Crippen LogP contribution in [0.4, 0.5) is 26.4 Å². The van der Waals surface area contributed by atoms with Crippen LogP contribution < -0.4 is 20.3 Å². The maximum Gasteiger partial charge on any atom is 0.410 e. The van der Waals surface area contributed by atoms with Crippen molar-refractivity contribution in [2.75, 3.05) is 54.9 Å². The van der Waals surface area contributed by atoms with Crippen molar-refractivity contribution >= 4 is 34.9 Å². The van der Waals surface area contributed by atoms with Gasteiger partial charge in [0.1, 0.15) is 23.3 Å². The van der Waals surface area contributed by atoms with Crippen LogP contribution in [0.25, 0.3) is 0 Å². The average molecular weight is 549 g/mol. The minimum Gasteiger partial charge on any atom is -0.490 e. The van der Waals surface area contributed by atoms with Gasteiger partial charge in [-0.15, -0.1) is 10.2 Å². The lowest BCUT2D eigenvalue weighted by molar-refractivity contribution is 0.0126. The highest BCUT2D eigenvalue weighted by atomic mass is 35.5. The molecule has 2 atom stereocenters. The van der Waals surface area contributed by atoms with E-state index >= 15 is 0 Å². The topological polar surface area (TPSA) is 106 Å². The second-order valence-corrected chi connectivity index (χ2v) is 11.4. The number of carbonyl (C=O) groups is 1. The molecular formula is C26H34ClFN6O4. The summed E-state index contributed by atoms with van der Waals surface area (Å²) in [5, 5.41) is 8.05. The van der Waals surface area contributed by atoms with Crippen LogP contribution in [0.15, 0.2) is 24.3 Å². The number of hydrogen-bond acceptors (Lipinski definition) is 9. The lowest BCUT2D eigenvalue weighted by Crippen LogP contribution is -2.58. The van der Waals surface area contributed by atoms with E-state index in [0.29, 0.717) is 63.8 Å². The number of nitrogens with two attached hydrogens (primary N) is 1. The number of anilines is 3. The molecule has 38 heavy (non-hydrogen) atoms. The van der Waals surface area contributed by atoms with Crippen molar-refractivity contribution in [2.45, 2.75) is 57.4 Å². The number of rotatable bonds is 4. The number of carbonyl (C=O) groups excluding carboxylic acids is 1. The summed E-state index contributed by atoms with van der Waals surface area (Å²) in [7, 11) is 0. The molecule has 0 radical (unpaired) electrons. The Morgan fingerprint density at radius 1 is 1.08 bits per heavy atom. The number of nitrogen functional groups attached to an aromatic ring is 1. The minimum atomic E-state index is -0.536. The second-order valence-electron chi connectivity index (χ2n) is 11.0. The lowest BCUT2D eigenvalue weighted by Gasteiger charge is -2.45. The van der Waals surface area contributed by atoms with Gasteiger partial charge in [-0.1, -0.05) is 11.6 Å². The Bertz CT molecular complexity index is 1170. The number of likely N-dealkylation sites (tertiary alicyclic amines) is 1. The highest BCUT2D eigenvalue weighted by Gasteiger charge is 2.39. The van der Waals surface area contributed by atoms with E-state index in [1.807, 2.05) is 26.8 Å². The zero-order valence-electron chi connectivity index (χ0n) is 21.9. The monoisotopic (exact) mass is 548 g/mol. The van der Waals surface area contributed by atoms with E-state index in [1.165, 1.54) is 12.1 Å². The van der Waals surface area contributed by atoms with E-state index in [4.69, 9.17) is 31.5 Å². The van der Waals surface area contributed by atoms with E-state index in [0.717, 1.165) is 11.4 Å². The predicted molar refractivity (Wildman–Crippen MR) is 142 cm³/mol. The van der Waals surface area contributed by atoms with Gasteiger partial charge in [0, 0.05) is 62.9 Å². The molecule has 2 aromatic rings. The van der Waals surface area contributed by atoms with Crippen LogP contribution in [0.5, 0.6) is 5.75 Å². The van der Waals surface area contributed by atoms with Gasteiger partial charge in [0.25, 0.3) is 0 Å². The van der Waals surface area contributed by atoms with Crippen LogP contribution in [0.1, 0.15) is 33.6 Å². The maximum absolute atomic E-state index is 14.8. The molecule has 2 bridgehead atoms. The molecule has 0 spiro atoms. The van der Waals surface area contributed by atoms with Crippen LogP contribution in [0, 0.1) is 5.82 Å². The maximum atomic E-state index is 14.8. The third kappa shape index (κ3) is 5.99. The van der Waals surface area contributed by atoms with Gasteiger partial charge in [-0.2, -0.15) is 0 Å². The minimum absolute atomic E-state index is 0.0267. The van der Waals surface area contributed by atoms with E-state index in [9.17, 15) is 9.18 Å². The summed E-state index contributed by atoms with van der Waals surface area (Å²) in [4.78, 5) is 18.4. The number of aromatic nitrogens is 2. The molecule has 5 heterocycles. The quantitative estimate of drug-likeness (QED) is 0.611. The molecule has 4 aliphatic heterocycles. The first-order valence-corrected chi connectivity index (χ1v) is 13.3. The smallest absolute Gasteiger partial charge is 0.410 e. The number of benzene rings is 1. The molecule has 1 aromatic carbocycles.